The second kappa shape index (κ2) is 6.88. The van der Waals surface area contributed by atoms with Crippen LogP contribution in [0, 0.1) is 12.8 Å². The van der Waals surface area contributed by atoms with Gasteiger partial charge < -0.3 is 10.6 Å². The summed E-state index contributed by atoms with van der Waals surface area (Å²) < 4.78 is 0. The molecule has 2 N–H and O–H groups in total. The van der Waals surface area contributed by atoms with Gasteiger partial charge in [0.05, 0.1) is 11.3 Å². The molecule has 0 bridgehead atoms. The maximum atomic E-state index is 12.2. The van der Waals surface area contributed by atoms with E-state index in [9.17, 15) is 4.79 Å². The summed E-state index contributed by atoms with van der Waals surface area (Å²) in [5, 5.41) is 6.15. The number of aryl methyl sites for hydroxylation is 1. The second-order valence-electron chi connectivity index (χ2n) is 5.56. The number of benzene rings is 1. The number of rotatable bonds is 5. The van der Waals surface area contributed by atoms with Crippen LogP contribution in [0.1, 0.15) is 29.8 Å². The van der Waals surface area contributed by atoms with Gasteiger partial charge in [-0.25, -0.2) is 0 Å². The molecular weight excluding hydrogens is 262 g/mol. The first-order valence-electron chi connectivity index (χ1n) is 7.11. The molecule has 1 aromatic heterocycles. The van der Waals surface area contributed by atoms with Crippen molar-refractivity contribution in [1.29, 1.82) is 0 Å². The molecule has 21 heavy (non-hydrogen) atoms. The van der Waals surface area contributed by atoms with Crippen molar-refractivity contribution >= 4 is 17.3 Å². The summed E-state index contributed by atoms with van der Waals surface area (Å²) in [7, 11) is 0. The number of amides is 1. The van der Waals surface area contributed by atoms with E-state index in [-0.39, 0.29) is 5.91 Å². The number of carbonyl (C=O) groups excluding carboxylic acids is 1. The molecule has 110 valence electrons. The van der Waals surface area contributed by atoms with Crippen LogP contribution in [0.2, 0.25) is 0 Å². The van der Waals surface area contributed by atoms with Crippen LogP contribution in [0.5, 0.6) is 0 Å². The van der Waals surface area contributed by atoms with Crippen LogP contribution in [0.15, 0.2) is 42.7 Å². The van der Waals surface area contributed by atoms with E-state index >= 15 is 0 Å². The van der Waals surface area contributed by atoms with E-state index in [2.05, 4.69) is 29.5 Å². The van der Waals surface area contributed by atoms with E-state index < -0.39 is 0 Å². The van der Waals surface area contributed by atoms with Gasteiger partial charge in [-0.3, -0.25) is 9.78 Å². The van der Waals surface area contributed by atoms with Gasteiger partial charge in [-0.1, -0.05) is 26.0 Å². The summed E-state index contributed by atoms with van der Waals surface area (Å²) in [4.78, 5) is 16.4. The number of carbonyl (C=O) groups is 1. The van der Waals surface area contributed by atoms with Crippen LogP contribution in [-0.4, -0.2) is 17.4 Å². The largest absolute Gasteiger partial charge is 0.384 e. The molecule has 2 rings (SSSR count). The zero-order valence-electron chi connectivity index (χ0n) is 12.7. The summed E-state index contributed by atoms with van der Waals surface area (Å²) in [6.45, 7) is 7.11. The third-order valence-electron chi connectivity index (χ3n) is 2.99. The van der Waals surface area contributed by atoms with Gasteiger partial charge in [0.2, 0.25) is 0 Å². The van der Waals surface area contributed by atoms with E-state index in [1.807, 2.05) is 37.3 Å². The smallest absolute Gasteiger partial charge is 0.257 e. The van der Waals surface area contributed by atoms with E-state index in [1.165, 1.54) is 0 Å². The molecule has 0 aliphatic rings. The monoisotopic (exact) mass is 283 g/mol. The van der Waals surface area contributed by atoms with Gasteiger partial charge >= 0.3 is 0 Å². The first-order valence-corrected chi connectivity index (χ1v) is 7.11. The van der Waals surface area contributed by atoms with E-state index in [4.69, 9.17) is 0 Å². The standard InChI is InChI=1S/C17H21N3O/c1-12(2)9-19-16-8-14(10-18-11-16)17(21)20-15-6-4-5-13(3)7-15/h4-8,10-12,19H,9H2,1-3H3,(H,20,21). The van der Waals surface area contributed by atoms with Gasteiger partial charge in [0, 0.05) is 24.6 Å². The number of pyridine rings is 1. The van der Waals surface area contributed by atoms with Crippen molar-refractivity contribution < 1.29 is 4.79 Å². The Labute approximate surface area is 125 Å². The molecule has 1 heterocycles. The minimum atomic E-state index is -0.152. The van der Waals surface area contributed by atoms with E-state index in [0.717, 1.165) is 23.5 Å². The summed E-state index contributed by atoms with van der Waals surface area (Å²) in [6, 6.07) is 9.55. The highest BCUT2D eigenvalue weighted by atomic mass is 16.1. The lowest BCUT2D eigenvalue weighted by Crippen LogP contribution is -2.13. The Morgan fingerprint density at radius 2 is 2.00 bits per heavy atom. The molecule has 2 aromatic rings. The van der Waals surface area contributed by atoms with Crippen molar-refractivity contribution in [3.05, 3.63) is 53.9 Å². The Kier molecular flexibility index (Phi) is 4.93. The van der Waals surface area contributed by atoms with Crippen LogP contribution >= 0.6 is 0 Å². The number of hydrogen-bond donors (Lipinski definition) is 2. The van der Waals surface area contributed by atoms with E-state index in [1.54, 1.807) is 12.4 Å². The Balaban J connectivity index is 2.07. The van der Waals surface area contributed by atoms with Crippen molar-refractivity contribution in [1.82, 2.24) is 4.98 Å². The van der Waals surface area contributed by atoms with Crippen LogP contribution in [-0.2, 0) is 0 Å². The van der Waals surface area contributed by atoms with Crippen molar-refractivity contribution in [2.45, 2.75) is 20.8 Å². The predicted octanol–water partition coefficient (Wildman–Crippen LogP) is 3.71. The molecule has 4 nitrogen and oxygen atoms in total. The maximum Gasteiger partial charge on any atom is 0.257 e. The lowest BCUT2D eigenvalue weighted by molar-refractivity contribution is 0.102. The van der Waals surface area contributed by atoms with Gasteiger partial charge in [0.25, 0.3) is 5.91 Å². The third kappa shape index (κ3) is 4.60. The van der Waals surface area contributed by atoms with Crippen molar-refractivity contribution in [3.8, 4) is 0 Å². The van der Waals surface area contributed by atoms with Crippen LogP contribution < -0.4 is 10.6 Å². The minimum Gasteiger partial charge on any atom is -0.384 e. The maximum absolute atomic E-state index is 12.2. The minimum absolute atomic E-state index is 0.152. The summed E-state index contributed by atoms with van der Waals surface area (Å²) in [6.07, 6.45) is 3.30. The second-order valence-corrected chi connectivity index (χ2v) is 5.56. The quantitative estimate of drug-likeness (QED) is 0.879. The van der Waals surface area contributed by atoms with Gasteiger partial charge in [-0.2, -0.15) is 0 Å². The molecule has 1 amide bonds. The van der Waals surface area contributed by atoms with Gasteiger partial charge in [-0.05, 0) is 36.6 Å². The fraction of sp³-hybridized carbons (Fsp3) is 0.294. The zero-order chi connectivity index (χ0) is 15.2. The molecule has 4 heteroatoms. The number of aromatic nitrogens is 1. The van der Waals surface area contributed by atoms with Crippen molar-refractivity contribution in [3.63, 3.8) is 0 Å². The molecule has 0 aliphatic heterocycles. The first-order chi connectivity index (χ1) is 10.0. The van der Waals surface area contributed by atoms with Crippen LogP contribution in [0.4, 0.5) is 11.4 Å². The number of hydrogen-bond acceptors (Lipinski definition) is 3. The van der Waals surface area contributed by atoms with E-state index in [0.29, 0.717) is 11.5 Å². The third-order valence-corrected chi connectivity index (χ3v) is 2.99. The SMILES string of the molecule is Cc1cccc(NC(=O)c2cncc(NCC(C)C)c2)c1. The molecule has 0 fully saturated rings. The van der Waals surface area contributed by atoms with Crippen molar-refractivity contribution in [2.24, 2.45) is 5.92 Å². The molecule has 0 saturated carbocycles. The molecule has 0 spiro atoms. The first kappa shape index (κ1) is 15.0. The normalized spacial score (nSPS) is 10.5. The fourth-order valence-electron chi connectivity index (χ4n) is 1.91. The summed E-state index contributed by atoms with van der Waals surface area (Å²) in [5.74, 6) is 0.385. The average Bonchev–Trinajstić information content (AvgIpc) is 2.45. The van der Waals surface area contributed by atoms with Gasteiger partial charge in [-0.15, -0.1) is 0 Å². The number of anilines is 2. The highest BCUT2D eigenvalue weighted by Crippen LogP contribution is 2.13. The molecule has 0 saturated heterocycles. The predicted molar refractivity (Wildman–Crippen MR) is 86.7 cm³/mol. The Morgan fingerprint density at radius 1 is 1.19 bits per heavy atom. The zero-order valence-corrected chi connectivity index (χ0v) is 12.7. The molecule has 0 aliphatic carbocycles. The van der Waals surface area contributed by atoms with Crippen LogP contribution in [0.3, 0.4) is 0 Å². The molecule has 0 unspecified atom stereocenters. The molecule has 0 atom stereocenters. The topological polar surface area (TPSA) is 54.0 Å². The molecule has 0 radical (unpaired) electrons. The Morgan fingerprint density at radius 3 is 2.71 bits per heavy atom. The summed E-state index contributed by atoms with van der Waals surface area (Å²) in [5.41, 5.74) is 3.31. The molecule has 1 aromatic carbocycles. The highest BCUT2D eigenvalue weighted by Gasteiger charge is 2.08. The fourth-order valence-corrected chi connectivity index (χ4v) is 1.91. The Bertz CT molecular complexity index is 623. The number of nitrogens with zero attached hydrogens (tertiary/aromatic N) is 1. The van der Waals surface area contributed by atoms with Crippen molar-refractivity contribution in [2.75, 3.05) is 17.2 Å². The van der Waals surface area contributed by atoms with Gasteiger partial charge in [0.15, 0.2) is 0 Å². The lowest BCUT2D eigenvalue weighted by Gasteiger charge is -2.10. The van der Waals surface area contributed by atoms with Gasteiger partial charge in [0.1, 0.15) is 0 Å². The highest BCUT2D eigenvalue weighted by molar-refractivity contribution is 6.04. The average molecular weight is 283 g/mol. The molecular formula is C17H21N3O. The van der Waals surface area contributed by atoms with Crippen LogP contribution in [0.25, 0.3) is 0 Å². The lowest BCUT2D eigenvalue weighted by atomic mass is 10.2. The number of nitrogens with one attached hydrogen (secondary N) is 2. The summed E-state index contributed by atoms with van der Waals surface area (Å²) >= 11 is 0. The Hall–Kier alpha value is -2.36.